The first-order chi connectivity index (χ1) is 11.7. The van der Waals surface area contributed by atoms with Crippen LogP contribution in [0.5, 0.6) is 0 Å². The van der Waals surface area contributed by atoms with Crippen LogP contribution in [0.1, 0.15) is 53.9 Å². The van der Waals surface area contributed by atoms with Gasteiger partial charge in [0, 0.05) is 31.6 Å². The normalized spacial score (nSPS) is 13.2. The lowest BCUT2D eigenvalue weighted by Gasteiger charge is -2.17. The highest BCUT2D eigenvalue weighted by Gasteiger charge is 2.15. The van der Waals surface area contributed by atoms with Crippen molar-refractivity contribution >= 4 is 17.6 Å². The Morgan fingerprint density at radius 1 is 1.28 bits per heavy atom. The van der Waals surface area contributed by atoms with Crippen LogP contribution in [0.25, 0.3) is 0 Å². The molecule has 0 radical (unpaired) electrons. The minimum Gasteiger partial charge on any atom is -0.442 e. The Hall–Kier alpha value is -1.95. The Morgan fingerprint density at radius 3 is 2.60 bits per heavy atom. The summed E-state index contributed by atoms with van der Waals surface area (Å²) < 4.78 is 12.6. The average molecular weight is 349 g/mol. The maximum Gasteiger partial charge on any atom is 0.434 e. The molecule has 0 aromatic carbocycles. The summed E-state index contributed by atoms with van der Waals surface area (Å²) in [6.07, 6.45) is 4.30. The van der Waals surface area contributed by atoms with Gasteiger partial charge in [0.1, 0.15) is 11.4 Å². The smallest absolute Gasteiger partial charge is 0.434 e. The van der Waals surface area contributed by atoms with E-state index in [9.17, 15) is 4.79 Å². The number of pyridine rings is 1. The van der Waals surface area contributed by atoms with Crippen molar-refractivity contribution in [1.82, 2.24) is 4.57 Å². The highest BCUT2D eigenvalue weighted by molar-refractivity contribution is 5.87. The van der Waals surface area contributed by atoms with Crippen molar-refractivity contribution in [2.75, 3.05) is 13.2 Å². The number of aromatic nitrogens is 1. The number of amides is 1. The number of carbonyl (C=O) groups excluding carboxylic acids is 1. The summed E-state index contributed by atoms with van der Waals surface area (Å²) in [5.41, 5.74) is 0.431. The quantitative estimate of drug-likeness (QED) is 0.694. The molecule has 6 heteroatoms. The maximum absolute atomic E-state index is 11.9. The van der Waals surface area contributed by atoms with Crippen molar-refractivity contribution in [3.8, 4) is 0 Å². The number of aryl methyl sites for hydroxylation is 1. The highest BCUT2D eigenvalue weighted by atomic mass is 16.6. The second kappa shape index (κ2) is 10.1. The third kappa shape index (κ3) is 8.63. The Morgan fingerprint density at radius 2 is 2.00 bits per heavy atom. The zero-order valence-electron chi connectivity index (χ0n) is 16.3. The topological polar surface area (TPSA) is 65.2 Å². The lowest BCUT2D eigenvalue weighted by atomic mass is 10.2. The van der Waals surface area contributed by atoms with E-state index < -0.39 is 11.7 Å². The monoisotopic (exact) mass is 349 g/mol. The van der Waals surface area contributed by atoms with Crippen LogP contribution in [0.15, 0.2) is 28.3 Å². The van der Waals surface area contributed by atoms with Gasteiger partial charge in [-0.25, -0.2) is 9.79 Å². The number of ether oxygens (including phenoxy) is 2. The third-order valence-electron chi connectivity index (χ3n) is 3.29. The average Bonchev–Trinajstić information content (AvgIpc) is 2.51. The summed E-state index contributed by atoms with van der Waals surface area (Å²) in [4.78, 5) is 20.6. The minimum absolute atomic E-state index is 0.518. The molecule has 1 aromatic rings. The molecule has 0 N–H and O–H groups in total. The molecule has 0 aliphatic heterocycles. The first-order valence-corrected chi connectivity index (χ1v) is 8.83. The second-order valence-electron chi connectivity index (χ2n) is 6.86. The summed E-state index contributed by atoms with van der Waals surface area (Å²) in [5, 5.41) is 0.525. The lowest BCUT2D eigenvalue weighted by molar-refractivity contribution is 0.0597. The van der Waals surface area contributed by atoms with E-state index in [1.54, 1.807) is 12.1 Å². The summed E-state index contributed by atoms with van der Waals surface area (Å²) in [5.74, 6) is 0.732. The van der Waals surface area contributed by atoms with Crippen molar-refractivity contribution in [2.45, 2.75) is 59.5 Å². The predicted molar refractivity (Wildman–Crippen MR) is 100 cm³/mol. The number of hydrogen-bond donors (Lipinski definition) is 0. The van der Waals surface area contributed by atoms with Gasteiger partial charge in [-0.3, -0.25) is 0 Å². The number of hydrogen-bond acceptors (Lipinski definition) is 4. The molecular weight excluding hydrogens is 318 g/mol. The zero-order chi connectivity index (χ0) is 18.9. The van der Waals surface area contributed by atoms with E-state index in [2.05, 4.69) is 11.9 Å². The van der Waals surface area contributed by atoms with Gasteiger partial charge in [0.2, 0.25) is 0 Å². The fourth-order valence-corrected chi connectivity index (χ4v) is 2.04. The first kappa shape index (κ1) is 21.1. The Balaban J connectivity index is 3.09. The minimum atomic E-state index is -0.600. The molecular formula is C19H31N3O3. The summed E-state index contributed by atoms with van der Waals surface area (Å²) in [7, 11) is 1.91. The van der Waals surface area contributed by atoms with Crippen LogP contribution in [-0.2, 0) is 16.5 Å². The standard InChI is InChI=1S/C19H31N3O3/c1-7-9-10-16(14-24-8-2)20-17-13-15(11-12-22(17)6)21-18(23)25-19(3,4)5/h11-13H,7-10,14H2,1-6H3. The van der Waals surface area contributed by atoms with Crippen molar-refractivity contribution in [1.29, 1.82) is 0 Å². The summed E-state index contributed by atoms with van der Waals surface area (Å²) in [6.45, 7) is 10.7. The number of carbonyl (C=O) groups is 1. The summed E-state index contributed by atoms with van der Waals surface area (Å²) in [6, 6.07) is 3.54. The largest absolute Gasteiger partial charge is 0.442 e. The van der Waals surface area contributed by atoms with Gasteiger partial charge in [-0.15, -0.1) is 0 Å². The van der Waals surface area contributed by atoms with Crippen LogP contribution < -0.4 is 5.36 Å². The maximum atomic E-state index is 11.9. The van der Waals surface area contributed by atoms with Gasteiger partial charge >= 0.3 is 6.09 Å². The van der Waals surface area contributed by atoms with Crippen LogP contribution in [0, 0.1) is 0 Å². The number of aliphatic imine (C=N–C) groups is 1. The molecule has 0 saturated heterocycles. The van der Waals surface area contributed by atoms with Gasteiger partial charge in [0.05, 0.1) is 12.0 Å². The van der Waals surface area contributed by atoms with Crippen LogP contribution in [0.2, 0.25) is 0 Å². The van der Waals surface area contributed by atoms with Crippen molar-refractivity contribution in [3.63, 3.8) is 0 Å². The van der Waals surface area contributed by atoms with E-state index >= 15 is 0 Å². The fraction of sp³-hybridized carbons (Fsp3) is 0.632. The molecule has 6 nitrogen and oxygen atoms in total. The molecule has 140 valence electrons. The fourth-order valence-electron chi connectivity index (χ4n) is 2.04. The van der Waals surface area contributed by atoms with Crippen LogP contribution in [0.3, 0.4) is 0 Å². The molecule has 1 heterocycles. The molecule has 0 aliphatic rings. The Labute approximate surface area is 150 Å². The van der Waals surface area contributed by atoms with Crippen LogP contribution in [0.4, 0.5) is 10.6 Å². The van der Waals surface area contributed by atoms with E-state index in [4.69, 9.17) is 14.5 Å². The lowest BCUT2D eigenvalue weighted by Crippen LogP contribution is -2.23. The zero-order valence-corrected chi connectivity index (χ0v) is 16.3. The molecule has 1 amide bonds. The molecule has 0 bridgehead atoms. The Kier molecular flexibility index (Phi) is 8.55. The van der Waals surface area contributed by atoms with Gasteiger partial charge in [0.15, 0.2) is 0 Å². The predicted octanol–water partition coefficient (Wildman–Crippen LogP) is 4.16. The van der Waals surface area contributed by atoms with E-state index in [1.165, 1.54) is 0 Å². The van der Waals surface area contributed by atoms with Gasteiger partial charge in [-0.05, 0) is 46.6 Å². The van der Waals surface area contributed by atoms with Gasteiger partial charge in [-0.1, -0.05) is 13.3 Å². The molecule has 0 aliphatic carbocycles. The molecule has 0 atom stereocenters. The molecule has 25 heavy (non-hydrogen) atoms. The van der Waals surface area contributed by atoms with E-state index in [0.29, 0.717) is 18.6 Å². The van der Waals surface area contributed by atoms with E-state index in [0.717, 1.165) is 30.8 Å². The highest BCUT2D eigenvalue weighted by Crippen LogP contribution is 2.11. The van der Waals surface area contributed by atoms with Crippen LogP contribution in [-0.4, -0.2) is 35.2 Å². The number of unbranched alkanes of at least 4 members (excludes halogenated alkanes) is 1. The van der Waals surface area contributed by atoms with Gasteiger partial charge in [-0.2, -0.15) is 4.99 Å². The molecule has 1 aromatic heterocycles. The molecule has 0 unspecified atom stereocenters. The number of nitrogens with zero attached hydrogens (tertiary/aromatic N) is 3. The van der Waals surface area contributed by atoms with Gasteiger partial charge < -0.3 is 14.0 Å². The van der Waals surface area contributed by atoms with Crippen molar-refractivity contribution in [2.24, 2.45) is 17.0 Å². The van der Waals surface area contributed by atoms with Crippen LogP contribution >= 0.6 is 0 Å². The van der Waals surface area contributed by atoms with E-state index in [1.807, 2.05) is 45.5 Å². The van der Waals surface area contributed by atoms with E-state index in [-0.39, 0.29) is 0 Å². The molecule has 0 fully saturated rings. The molecule has 0 spiro atoms. The summed E-state index contributed by atoms with van der Waals surface area (Å²) >= 11 is 0. The molecule has 1 rings (SSSR count). The number of rotatable bonds is 7. The second-order valence-corrected chi connectivity index (χ2v) is 6.86. The molecule has 0 saturated carbocycles. The van der Waals surface area contributed by atoms with Crippen molar-refractivity contribution in [3.05, 3.63) is 23.7 Å². The first-order valence-electron chi connectivity index (χ1n) is 8.83. The SMILES string of the molecule is CCCCC(COCC)=Nc1cc(=NC(=O)OC(C)(C)C)ccn1C. The third-order valence-corrected chi connectivity index (χ3v) is 3.29. The Bertz CT molecular complexity index is 645. The van der Waals surface area contributed by atoms with Gasteiger partial charge in [0.25, 0.3) is 0 Å². The van der Waals surface area contributed by atoms with Crippen molar-refractivity contribution < 1.29 is 14.3 Å².